The first kappa shape index (κ1) is 14.9. The third-order valence-electron chi connectivity index (χ3n) is 6.14. The Bertz CT molecular complexity index is 596. The largest absolute Gasteiger partial charge is 0.297 e. The zero-order valence-corrected chi connectivity index (χ0v) is 15.0. The highest BCUT2D eigenvalue weighted by atomic mass is 79.9. The van der Waals surface area contributed by atoms with Crippen LogP contribution in [0.1, 0.15) is 38.4 Å². The SMILES string of the molecule is CCCC12C[NH+]3CC(C)(C[NH+](C1)C3c1ccc(Br)cc1)C2=O. The number of hydrogen-bond donors (Lipinski definition) is 2. The number of Topliss-reactive ketones (excluding diaryl/α,β-unsaturated/α-hetero) is 1. The molecule has 0 amide bonds. The summed E-state index contributed by atoms with van der Waals surface area (Å²) in [5, 5.41) is 0. The van der Waals surface area contributed by atoms with E-state index in [1.165, 1.54) is 5.56 Å². The molecule has 2 N–H and O–H groups in total. The van der Waals surface area contributed by atoms with Crippen LogP contribution in [-0.4, -0.2) is 32.0 Å². The van der Waals surface area contributed by atoms with Crippen molar-refractivity contribution in [2.45, 2.75) is 32.9 Å². The molecule has 1 aromatic rings. The van der Waals surface area contributed by atoms with E-state index in [4.69, 9.17) is 0 Å². The van der Waals surface area contributed by atoms with Gasteiger partial charge in [0.2, 0.25) is 6.17 Å². The van der Waals surface area contributed by atoms with Gasteiger partial charge in [0.05, 0.1) is 18.7 Å². The summed E-state index contributed by atoms with van der Waals surface area (Å²) in [6.07, 6.45) is 2.70. The summed E-state index contributed by atoms with van der Waals surface area (Å²) >= 11 is 3.53. The van der Waals surface area contributed by atoms with Crippen LogP contribution in [0.3, 0.4) is 0 Å². The molecule has 0 saturated carbocycles. The Morgan fingerprint density at radius 3 is 2.27 bits per heavy atom. The lowest BCUT2D eigenvalue weighted by atomic mass is 9.59. The van der Waals surface area contributed by atoms with Crippen molar-refractivity contribution in [3.63, 3.8) is 0 Å². The summed E-state index contributed by atoms with van der Waals surface area (Å²) in [7, 11) is 0. The maximum absolute atomic E-state index is 13.1. The number of piperidine rings is 2. The molecule has 5 rings (SSSR count). The summed E-state index contributed by atoms with van der Waals surface area (Å²) < 4.78 is 1.14. The molecule has 4 fully saturated rings. The molecule has 118 valence electrons. The summed E-state index contributed by atoms with van der Waals surface area (Å²) in [5.41, 5.74) is 1.29. The lowest BCUT2D eigenvalue weighted by molar-refractivity contribution is -1.18. The second kappa shape index (κ2) is 4.89. The van der Waals surface area contributed by atoms with Gasteiger partial charge in [0.1, 0.15) is 23.9 Å². The molecule has 0 radical (unpaired) electrons. The molecule has 2 atom stereocenters. The molecule has 4 aliphatic rings. The quantitative estimate of drug-likeness (QED) is 0.807. The Balaban J connectivity index is 1.71. The molecular weight excluding hydrogens is 340 g/mol. The van der Waals surface area contributed by atoms with Gasteiger partial charge in [-0.05, 0) is 37.6 Å². The number of carbonyl (C=O) groups excluding carboxylic acids is 1. The van der Waals surface area contributed by atoms with E-state index in [0.717, 1.165) is 43.5 Å². The van der Waals surface area contributed by atoms with Gasteiger partial charge in [-0.2, -0.15) is 0 Å². The Kier molecular flexibility index (Phi) is 3.30. The second-order valence-electron chi connectivity index (χ2n) is 7.93. The molecular formula is C18H25BrN2O+2. The van der Waals surface area contributed by atoms with Crippen molar-refractivity contribution in [3.8, 4) is 0 Å². The van der Waals surface area contributed by atoms with Crippen LogP contribution in [0.5, 0.6) is 0 Å². The molecule has 0 spiro atoms. The highest BCUT2D eigenvalue weighted by Crippen LogP contribution is 2.39. The van der Waals surface area contributed by atoms with Crippen LogP contribution < -0.4 is 9.80 Å². The normalized spacial score (nSPS) is 42.9. The molecule has 4 saturated heterocycles. The Labute approximate surface area is 140 Å². The van der Waals surface area contributed by atoms with E-state index in [9.17, 15) is 4.79 Å². The van der Waals surface area contributed by atoms with Crippen molar-refractivity contribution < 1.29 is 14.6 Å². The molecule has 4 aliphatic heterocycles. The molecule has 4 heterocycles. The number of hydrogen-bond acceptors (Lipinski definition) is 1. The monoisotopic (exact) mass is 364 g/mol. The molecule has 3 nitrogen and oxygen atoms in total. The number of halogens is 1. The minimum absolute atomic E-state index is 0.0451. The zero-order chi connectivity index (χ0) is 15.5. The van der Waals surface area contributed by atoms with Crippen molar-refractivity contribution in [1.82, 2.24) is 0 Å². The van der Waals surface area contributed by atoms with Gasteiger partial charge in [-0.1, -0.05) is 29.3 Å². The lowest BCUT2D eigenvalue weighted by Gasteiger charge is -2.59. The first-order valence-corrected chi connectivity index (χ1v) is 9.26. The topological polar surface area (TPSA) is 26.0 Å². The minimum Gasteiger partial charge on any atom is -0.297 e. The predicted molar refractivity (Wildman–Crippen MR) is 88.7 cm³/mol. The van der Waals surface area contributed by atoms with Gasteiger partial charge in [-0.15, -0.1) is 0 Å². The van der Waals surface area contributed by atoms with Gasteiger partial charge in [0, 0.05) is 4.47 Å². The molecule has 4 bridgehead atoms. The predicted octanol–water partition coefficient (Wildman–Crippen LogP) is 0.620. The molecule has 4 heteroatoms. The molecule has 22 heavy (non-hydrogen) atoms. The van der Waals surface area contributed by atoms with E-state index < -0.39 is 0 Å². The lowest BCUT2D eigenvalue weighted by Crippen LogP contribution is -3.41. The van der Waals surface area contributed by atoms with Crippen molar-refractivity contribution in [2.24, 2.45) is 10.8 Å². The average Bonchev–Trinajstić information content (AvgIpc) is 2.45. The third-order valence-corrected chi connectivity index (χ3v) is 6.67. The number of ketones is 1. The second-order valence-corrected chi connectivity index (χ2v) is 8.84. The highest BCUT2D eigenvalue weighted by Gasteiger charge is 2.69. The average molecular weight is 365 g/mol. The summed E-state index contributed by atoms with van der Waals surface area (Å²) in [6, 6.07) is 8.81. The van der Waals surface area contributed by atoms with Crippen LogP contribution in [-0.2, 0) is 4.79 Å². The summed E-state index contributed by atoms with van der Waals surface area (Å²) in [5.74, 6) is 0.573. The molecule has 1 aromatic carbocycles. The summed E-state index contributed by atoms with van der Waals surface area (Å²) in [6.45, 7) is 8.55. The number of nitrogens with one attached hydrogen (secondary N) is 2. The fourth-order valence-electron chi connectivity index (χ4n) is 5.68. The van der Waals surface area contributed by atoms with E-state index in [0.29, 0.717) is 11.9 Å². The number of benzene rings is 1. The molecule has 2 unspecified atom stereocenters. The maximum atomic E-state index is 13.1. The Morgan fingerprint density at radius 1 is 1.14 bits per heavy atom. The first-order valence-electron chi connectivity index (χ1n) is 8.47. The Morgan fingerprint density at radius 2 is 1.73 bits per heavy atom. The fourth-order valence-corrected chi connectivity index (χ4v) is 5.94. The number of quaternary nitrogens is 2. The van der Waals surface area contributed by atoms with Gasteiger partial charge >= 0.3 is 0 Å². The zero-order valence-electron chi connectivity index (χ0n) is 13.4. The van der Waals surface area contributed by atoms with Crippen molar-refractivity contribution in [2.75, 3.05) is 26.2 Å². The van der Waals surface area contributed by atoms with Crippen molar-refractivity contribution >= 4 is 21.7 Å². The van der Waals surface area contributed by atoms with Gasteiger partial charge in [0.15, 0.2) is 5.78 Å². The van der Waals surface area contributed by atoms with E-state index in [1.54, 1.807) is 9.80 Å². The number of carbonyl (C=O) groups is 1. The summed E-state index contributed by atoms with van der Waals surface area (Å²) in [4.78, 5) is 16.3. The van der Waals surface area contributed by atoms with Gasteiger partial charge in [-0.25, -0.2) is 0 Å². The van der Waals surface area contributed by atoms with Crippen LogP contribution in [0.25, 0.3) is 0 Å². The standard InChI is InChI=1S/C18H23BrN2O/c1-3-8-18-11-20-9-17(2,16(18)22)10-21(12-18)15(20)13-4-6-14(19)7-5-13/h4-7,15H,3,8-12H2,1-2H3/p+2. The van der Waals surface area contributed by atoms with Gasteiger partial charge in [-0.3, -0.25) is 14.6 Å². The first-order chi connectivity index (χ1) is 10.5. The van der Waals surface area contributed by atoms with E-state index in [1.807, 2.05) is 0 Å². The molecule has 0 aromatic heterocycles. The van der Waals surface area contributed by atoms with E-state index in [-0.39, 0.29) is 10.8 Å². The Hall–Kier alpha value is -0.710. The van der Waals surface area contributed by atoms with Gasteiger partial charge < -0.3 is 0 Å². The maximum Gasteiger partial charge on any atom is 0.240 e. The van der Waals surface area contributed by atoms with Crippen LogP contribution in [0.4, 0.5) is 0 Å². The van der Waals surface area contributed by atoms with Crippen molar-refractivity contribution in [1.29, 1.82) is 0 Å². The minimum atomic E-state index is -0.0950. The smallest absolute Gasteiger partial charge is 0.240 e. The number of rotatable bonds is 3. The van der Waals surface area contributed by atoms with Crippen molar-refractivity contribution in [3.05, 3.63) is 34.3 Å². The molecule has 0 aliphatic carbocycles. The van der Waals surface area contributed by atoms with E-state index >= 15 is 0 Å². The third kappa shape index (κ3) is 1.97. The van der Waals surface area contributed by atoms with E-state index in [2.05, 4.69) is 54.0 Å². The highest BCUT2D eigenvalue weighted by molar-refractivity contribution is 9.10. The fraction of sp³-hybridized carbons (Fsp3) is 0.611. The van der Waals surface area contributed by atoms with Crippen LogP contribution in [0, 0.1) is 10.8 Å². The van der Waals surface area contributed by atoms with Crippen LogP contribution >= 0.6 is 15.9 Å². The van der Waals surface area contributed by atoms with Crippen LogP contribution in [0.15, 0.2) is 28.7 Å². The van der Waals surface area contributed by atoms with Gasteiger partial charge in [0.25, 0.3) is 0 Å². The van der Waals surface area contributed by atoms with Crippen LogP contribution in [0.2, 0.25) is 0 Å².